The number of hydrogen-bond donors (Lipinski definition) is 1. The summed E-state index contributed by atoms with van der Waals surface area (Å²) in [6.07, 6.45) is 3.30. The summed E-state index contributed by atoms with van der Waals surface area (Å²) in [6.45, 7) is 0.219. The van der Waals surface area contributed by atoms with Gasteiger partial charge < -0.3 is 10.1 Å². The van der Waals surface area contributed by atoms with E-state index in [0.29, 0.717) is 11.6 Å². The average molecular weight is 351 g/mol. The second-order valence-corrected chi connectivity index (χ2v) is 4.35. The van der Waals surface area contributed by atoms with Crippen LogP contribution in [0, 0.1) is 3.57 Å². The Labute approximate surface area is 110 Å². The number of allylic oxidation sites excluding steroid dienone is 3. The number of hydrogen-bond acceptors (Lipinski definition) is 4. The molecule has 0 fully saturated rings. The Bertz CT molecular complexity index is 476. The summed E-state index contributed by atoms with van der Waals surface area (Å²) in [5, 5.41) is 2.58. The fraction of sp³-hybridized carbons (Fsp3) is 0.200. The third-order valence-corrected chi connectivity index (χ3v) is 2.75. The maximum absolute atomic E-state index is 12.3. The van der Waals surface area contributed by atoms with Crippen molar-refractivity contribution in [3.8, 4) is 5.88 Å². The van der Waals surface area contributed by atoms with Crippen LogP contribution in [0.1, 0.15) is 0 Å². The summed E-state index contributed by atoms with van der Waals surface area (Å²) in [7, 11) is 0. The van der Waals surface area contributed by atoms with Crippen molar-refractivity contribution in [1.82, 2.24) is 15.3 Å². The molecule has 1 N–H and O–H groups in total. The lowest BCUT2D eigenvalue weighted by molar-refractivity contribution is 0.179. The maximum atomic E-state index is 12.3. The van der Waals surface area contributed by atoms with Gasteiger partial charge in [-0.15, -0.1) is 0 Å². The largest absolute Gasteiger partial charge is 0.440 e. The van der Waals surface area contributed by atoms with Crippen molar-refractivity contribution in [3.63, 3.8) is 0 Å². The van der Waals surface area contributed by atoms with Crippen molar-refractivity contribution in [2.45, 2.75) is 6.43 Å². The first-order valence-corrected chi connectivity index (χ1v) is 5.81. The van der Waals surface area contributed by atoms with Gasteiger partial charge in [-0.25, -0.2) is 18.7 Å². The second-order valence-electron chi connectivity index (χ2n) is 3.19. The highest BCUT2D eigenvalue weighted by molar-refractivity contribution is 14.1. The van der Waals surface area contributed by atoms with E-state index in [-0.39, 0.29) is 12.2 Å². The van der Waals surface area contributed by atoms with E-state index >= 15 is 0 Å². The van der Waals surface area contributed by atoms with Crippen LogP contribution in [0.5, 0.6) is 5.88 Å². The lowest BCUT2D eigenvalue weighted by Crippen LogP contribution is -2.26. The summed E-state index contributed by atoms with van der Waals surface area (Å²) < 4.78 is 30.9. The zero-order valence-corrected chi connectivity index (χ0v) is 10.7. The molecule has 0 bridgehead atoms. The minimum atomic E-state index is -2.49. The third kappa shape index (κ3) is 3.11. The summed E-state index contributed by atoms with van der Waals surface area (Å²) in [5.74, 6) is 0.952. The van der Waals surface area contributed by atoms with Gasteiger partial charge in [-0.2, -0.15) is 0 Å². The third-order valence-electron chi connectivity index (χ3n) is 2.01. The van der Waals surface area contributed by atoms with Crippen LogP contribution in [-0.4, -0.2) is 22.9 Å². The van der Waals surface area contributed by atoms with Gasteiger partial charge in [-0.3, -0.25) is 0 Å². The predicted octanol–water partition coefficient (Wildman–Crippen LogP) is 2.10. The number of ether oxygens (including phenoxy) is 1. The molecule has 1 aromatic heterocycles. The quantitative estimate of drug-likeness (QED) is 0.848. The standard InChI is InChI=1S/C10H8F2IN3O/c11-9(12)8-2-1-6(3-15-8)17-10-7(13)4-14-5-16-10/h1-2,4-5,9,15H,3H2. The van der Waals surface area contributed by atoms with E-state index in [1.54, 1.807) is 6.20 Å². The molecular formula is C10H8F2IN3O. The van der Waals surface area contributed by atoms with Gasteiger partial charge in [0.05, 0.1) is 15.8 Å². The van der Waals surface area contributed by atoms with Crippen LogP contribution in [0.4, 0.5) is 8.78 Å². The zero-order valence-electron chi connectivity index (χ0n) is 8.53. The van der Waals surface area contributed by atoms with Gasteiger partial charge in [-0.1, -0.05) is 0 Å². The fourth-order valence-electron chi connectivity index (χ4n) is 1.21. The maximum Gasteiger partial charge on any atom is 0.277 e. The Kier molecular flexibility index (Phi) is 3.87. The van der Waals surface area contributed by atoms with Crippen molar-refractivity contribution in [2.24, 2.45) is 0 Å². The first-order valence-electron chi connectivity index (χ1n) is 4.73. The van der Waals surface area contributed by atoms with E-state index in [1.165, 1.54) is 18.5 Å². The highest BCUT2D eigenvalue weighted by Gasteiger charge is 2.15. The Morgan fingerprint density at radius 3 is 2.82 bits per heavy atom. The molecule has 4 nitrogen and oxygen atoms in total. The highest BCUT2D eigenvalue weighted by atomic mass is 127. The van der Waals surface area contributed by atoms with Crippen LogP contribution in [0.15, 0.2) is 36.1 Å². The monoisotopic (exact) mass is 351 g/mol. The highest BCUT2D eigenvalue weighted by Crippen LogP contribution is 2.19. The Morgan fingerprint density at radius 2 is 2.24 bits per heavy atom. The van der Waals surface area contributed by atoms with Crippen molar-refractivity contribution >= 4 is 22.6 Å². The van der Waals surface area contributed by atoms with E-state index in [2.05, 4.69) is 15.3 Å². The van der Waals surface area contributed by atoms with Gasteiger partial charge in [0.25, 0.3) is 6.43 Å². The van der Waals surface area contributed by atoms with Gasteiger partial charge in [0.15, 0.2) is 0 Å². The molecule has 7 heteroatoms. The zero-order chi connectivity index (χ0) is 12.3. The van der Waals surface area contributed by atoms with Crippen molar-refractivity contribution in [3.05, 3.63) is 39.7 Å². The van der Waals surface area contributed by atoms with Gasteiger partial charge >= 0.3 is 0 Å². The Morgan fingerprint density at radius 1 is 1.41 bits per heavy atom. The lowest BCUT2D eigenvalue weighted by Gasteiger charge is -2.17. The van der Waals surface area contributed by atoms with Crippen molar-refractivity contribution in [2.75, 3.05) is 6.54 Å². The topological polar surface area (TPSA) is 47.0 Å². The van der Waals surface area contributed by atoms with Crippen molar-refractivity contribution in [1.29, 1.82) is 0 Å². The number of nitrogens with one attached hydrogen (secondary N) is 1. The van der Waals surface area contributed by atoms with Gasteiger partial charge in [0, 0.05) is 6.20 Å². The number of dihydropyridines is 1. The molecule has 2 rings (SSSR count). The van der Waals surface area contributed by atoms with Crippen LogP contribution >= 0.6 is 22.6 Å². The molecule has 0 atom stereocenters. The molecular weight excluding hydrogens is 343 g/mol. The van der Waals surface area contributed by atoms with Crippen LogP contribution < -0.4 is 10.1 Å². The summed E-state index contributed by atoms with van der Waals surface area (Å²) in [5.41, 5.74) is -0.102. The first-order chi connectivity index (χ1) is 8.16. The Balaban J connectivity index is 2.09. The minimum absolute atomic E-state index is 0.102. The molecule has 0 unspecified atom stereocenters. The smallest absolute Gasteiger partial charge is 0.277 e. The first kappa shape index (κ1) is 12.2. The molecule has 0 spiro atoms. The predicted molar refractivity (Wildman–Crippen MR) is 65.5 cm³/mol. The summed E-state index contributed by atoms with van der Waals surface area (Å²) >= 11 is 2.04. The molecule has 17 heavy (non-hydrogen) atoms. The van der Waals surface area contributed by atoms with E-state index in [4.69, 9.17) is 4.74 Å². The molecule has 0 saturated carbocycles. The molecule has 0 amide bonds. The molecule has 2 heterocycles. The molecule has 90 valence electrons. The molecule has 1 aromatic rings. The molecule has 1 aliphatic rings. The van der Waals surface area contributed by atoms with E-state index < -0.39 is 6.43 Å². The van der Waals surface area contributed by atoms with Crippen LogP contribution in [0.25, 0.3) is 0 Å². The van der Waals surface area contributed by atoms with Crippen molar-refractivity contribution < 1.29 is 13.5 Å². The van der Waals surface area contributed by atoms with Gasteiger partial charge in [0.1, 0.15) is 12.1 Å². The fourth-order valence-corrected chi connectivity index (χ4v) is 1.62. The number of alkyl halides is 2. The number of rotatable bonds is 3. The molecule has 0 saturated heterocycles. The van der Waals surface area contributed by atoms with E-state index in [1.807, 2.05) is 22.6 Å². The van der Waals surface area contributed by atoms with E-state index in [0.717, 1.165) is 3.57 Å². The van der Waals surface area contributed by atoms with Crippen LogP contribution in [-0.2, 0) is 0 Å². The lowest BCUT2D eigenvalue weighted by atomic mass is 10.3. The number of aromatic nitrogens is 2. The average Bonchev–Trinajstić information content (AvgIpc) is 2.33. The van der Waals surface area contributed by atoms with Crippen LogP contribution in [0.2, 0.25) is 0 Å². The number of nitrogens with zero attached hydrogens (tertiary/aromatic N) is 2. The molecule has 0 aromatic carbocycles. The van der Waals surface area contributed by atoms with Gasteiger partial charge in [0.2, 0.25) is 5.88 Å². The second kappa shape index (κ2) is 5.39. The van der Waals surface area contributed by atoms with Gasteiger partial charge in [-0.05, 0) is 34.7 Å². The summed E-state index contributed by atoms with van der Waals surface area (Å²) in [4.78, 5) is 7.78. The molecule has 0 radical (unpaired) electrons. The summed E-state index contributed by atoms with van der Waals surface area (Å²) in [6, 6.07) is 0. The molecule has 1 aliphatic heterocycles. The SMILES string of the molecule is FC(F)C1=CC=C(Oc2ncncc2I)CN1. The minimum Gasteiger partial charge on any atom is -0.440 e. The van der Waals surface area contributed by atoms with E-state index in [9.17, 15) is 8.78 Å². The molecule has 0 aliphatic carbocycles. The van der Waals surface area contributed by atoms with Crippen LogP contribution in [0.3, 0.4) is 0 Å². The normalized spacial score (nSPS) is 15.1. The number of halogens is 3. The Hall–Kier alpha value is -1.25.